The van der Waals surface area contributed by atoms with E-state index in [4.69, 9.17) is 0 Å². The molecule has 0 aliphatic rings. The summed E-state index contributed by atoms with van der Waals surface area (Å²) >= 11 is 0. The van der Waals surface area contributed by atoms with Gasteiger partial charge in [-0.2, -0.15) is 69.5 Å². The summed E-state index contributed by atoms with van der Waals surface area (Å²) in [4.78, 5) is 0. The average Bonchev–Trinajstić information content (AvgIpc) is 2.51. The van der Waals surface area contributed by atoms with Gasteiger partial charge in [-0.3, -0.25) is 8.37 Å². The van der Waals surface area contributed by atoms with Crippen LogP contribution in [0.2, 0.25) is 0 Å². The number of unbranched alkanes of at least 4 members (excludes halogenated alkanes) is 1. The van der Waals surface area contributed by atoms with E-state index in [1.165, 1.54) is 0 Å². The summed E-state index contributed by atoms with van der Waals surface area (Å²) in [6, 6.07) is 0. The van der Waals surface area contributed by atoms with Crippen molar-refractivity contribution in [3.63, 3.8) is 0 Å². The van der Waals surface area contributed by atoms with E-state index >= 15 is 0 Å². The number of hydrogen-bond donors (Lipinski definition) is 0. The molecule has 0 heterocycles. The molecule has 0 aromatic rings. The van der Waals surface area contributed by atoms with Crippen LogP contribution in [0.4, 0.5) is 61.5 Å². The molecular weight excluding hydrogens is 546 g/mol. The van der Waals surface area contributed by atoms with E-state index in [2.05, 4.69) is 8.37 Å². The van der Waals surface area contributed by atoms with Gasteiger partial charge in [-0.05, 0) is 12.8 Å². The third-order valence-corrected chi connectivity index (χ3v) is 6.42. The molecule has 6 nitrogen and oxygen atoms in total. The minimum atomic E-state index is -7.15. The van der Waals surface area contributed by atoms with Crippen LogP contribution in [0.15, 0.2) is 0 Å². The predicted molar refractivity (Wildman–Crippen MR) is 70.9 cm³/mol. The summed E-state index contributed by atoms with van der Waals surface area (Å²) in [5, 5.41) is -13.8. The maximum Gasteiger partial charge on any atom is 0.449 e. The largest absolute Gasteiger partial charge is 0.449 e. The fraction of sp³-hybridized carbons (Fsp3) is 1.00. The molecule has 0 N–H and O–H groups in total. The lowest BCUT2D eigenvalue weighted by Crippen LogP contribution is -2.59. The molecule has 0 aromatic heterocycles. The van der Waals surface area contributed by atoms with Gasteiger partial charge in [0.05, 0.1) is 13.2 Å². The molecule has 0 aliphatic heterocycles. The van der Waals surface area contributed by atoms with Crippen molar-refractivity contribution in [3.8, 4) is 0 Å². The lowest BCUT2D eigenvalue weighted by atomic mass is 10.3. The quantitative estimate of drug-likeness (QED) is 0.243. The highest BCUT2D eigenvalue weighted by Crippen LogP contribution is 2.51. The van der Waals surface area contributed by atoms with Crippen molar-refractivity contribution >= 4 is 20.2 Å². The molecule has 22 heteroatoms. The fourth-order valence-corrected chi connectivity index (χ4v) is 3.73. The van der Waals surface area contributed by atoms with Gasteiger partial charge in [0.25, 0.3) is 0 Å². The van der Waals surface area contributed by atoms with Crippen molar-refractivity contribution in [2.75, 3.05) is 13.2 Å². The highest BCUT2D eigenvalue weighted by atomic mass is 32.2. The van der Waals surface area contributed by atoms with Gasteiger partial charge in [-0.1, -0.05) is 0 Å². The number of hydrogen-bond acceptors (Lipinski definition) is 6. The van der Waals surface area contributed by atoms with Gasteiger partial charge >= 0.3 is 54.9 Å². The topological polar surface area (TPSA) is 86.7 Å². The normalized spacial score (nSPS) is 15.8. The Hall–Kier alpha value is -1.16. The second kappa shape index (κ2) is 8.89. The van der Waals surface area contributed by atoms with Crippen LogP contribution in [-0.4, -0.2) is 64.8 Å². The molecule has 194 valence electrons. The minimum absolute atomic E-state index is 1.21. The van der Waals surface area contributed by atoms with E-state index in [-0.39, 0.29) is 0 Å². The van der Waals surface area contributed by atoms with Crippen LogP contribution in [0.1, 0.15) is 12.8 Å². The van der Waals surface area contributed by atoms with E-state index < -0.39 is 81.0 Å². The molecule has 0 spiro atoms. The number of rotatable bonds is 9. The van der Waals surface area contributed by atoms with Crippen molar-refractivity contribution in [1.82, 2.24) is 0 Å². The van der Waals surface area contributed by atoms with Crippen LogP contribution in [0.5, 0.6) is 0 Å². The maximum absolute atomic E-state index is 13.3. The summed E-state index contributed by atoms with van der Waals surface area (Å²) < 4.78 is 225. The molecule has 32 heavy (non-hydrogen) atoms. The second-order valence-electron chi connectivity index (χ2n) is 5.44. The van der Waals surface area contributed by atoms with Crippen LogP contribution in [0.3, 0.4) is 0 Å². The zero-order valence-electron chi connectivity index (χ0n) is 14.4. The first-order valence-corrected chi connectivity index (χ1v) is 9.95. The Morgan fingerprint density at radius 2 is 0.625 bits per heavy atom. The number of halogens is 14. The third kappa shape index (κ3) is 5.48. The zero-order valence-corrected chi connectivity index (χ0v) is 16.0. The van der Waals surface area contributed by atoms with Crippen LogP contribution < -0.4 is 0 Å². The van der Waals surface area contributed by atoms with Crippen molar-refractivity contribution in [2.24, 2.45) is 0 Å². The van der Waals surface area contributed by atoms with Crippen LogP contribution in [-0.2, 0) is 28.6 Å². The van der Waals surface area contributed by atoms with Crippen LogP contribution >= 0.6 is 0 Å². The van der Waals surface area contributed by atoms with Crippen molar-refractivity contribution in [1.29, 1.82) is 0 Å². The first-order valence-electron chi connectivity index (χ1n) is 7.13. The first kappa shape index (κ1) is 30.8. The van der Waals surface area contributed by atoms with Gasteiger partial charge in [-0.15, -0.1) is 0 Å². The molecule has 0 aromatic carbocycles. The summed E-state index contributed by atoms with van der Waals surface area (Å²) in [7, 11) is -14.3. The van der Waals surface area contributed by atoms with E-state index in [1.807, 2.05) is 0 Å². The summed E-state index contributed by atoms with van der Waals surface area (Å²) in [5.41, 5.74) is 0. The lowest BCUT2D eigenvalue weighted by Gasteiger charge is -2.28. The average molecular weight is 554 g/mol. The molecule has 0 atom stereocenters. The van der Waals surface area contributed by atoms with Crippen LogP contribution in [0, 0.1) is 0 Å². The molecule has 0 bridgehead atoms. The lowest BCUT2D eigenvalue weighted by molar-refractivity contribution is -0.309. The molecule has 0 aliphatic carbocycles. The molecule has 0 rings (SSSR count). The second-order valence-corrected chi connectivity index (χ2v) is 8.85. The van der Waals surface area contributed by atoms with E-state index in [9.17, 15) is 78.3 Å². The highest BCUT2D eigenvalue weighted by molar-refractivity contribution is 7.88. The van der Waals surface area contributed by atoms with Gasteiger partial charge in [0.2, 0.25) is 0 Å². The van der Waals surface area contributed by atoms with E-state index in [1.54, 1.807) is 0 Å². The van der Waals surface area contributed by atoms with E-state index in [0.717, 1.165) is 0 Å². The van der Waals surface area contributed by atoms with Crippen molar-refractivity contribution in [2.45, 2.75) is 47.5 Å². The molecule has 0 radical (unpaired) electrons. The van der Waals surface area contributed by atoms with Gasteiger partial charge in [0, 0.05) is 0 Å². The van der Waals surface area contributed by atoms with Crippen LogP contribution in [0.25, 0.3) is 0 Å². The van der Waals surface area contributed by atoms with E-state index in [0.29, 0.717) is 0 Å². The van der Waals surface area contributed by atoms with Crippen molar-refractivity contribution in [3.05, 3.63) is 0 Å². The maximum atomic E-state index is 13.3. The minimum Gasteiger partial charge on any atom is -0.267 e. The molecule has 0 unspecified atom stereocenters. The zero-order chi connectivity index (χ0) is 26.2. The van der Waals surface area contributed by atoms with Gasteiger partial charge < -0.3 is 0 Å². The Kier molecular flexibility index (Phi) is 8.57. The molecule has 0 fully saturated rings. The summed E-state index contributed by atoms with van der Waals surface area (Å²) in [5.74, 6) is 0. The third-order valence-electron chi connectivity index (χ3n) is 3.16. The molecule has 0 saturated heterocycles. The Labute approximate surface area is 168 Å². The van der Waals surface area contributed by atoms with Gasteiger partial charge in [0.1, 0.15) is 0 Å². The Bertz CT molecular complexity index is 750. The Morgan fingerprint density at radius 3 is 0.781 bits per heavy atom. The highest BCUT2D eigenvalue weighted by Gasteiger charge is 2.82. The SMILES string of the molecule is O=S(=O)(OCCCCOS(=O)(=O)C(F)(C(F)(F)F)C(F)(F)F)C(F)(C(F)(F)F)C(F)(F)F. The molecule has 0 amide bonds. The predicted octanol–water partition coefficient (Wildman–Crippen LogP) is 4.04. The van der Waals surface area contributed by atoms with Crippen molar-refractivity contribution < 1.29 is 86.7 Å². The molecule has 0 saturated carbocycles. The summed E-state index contributed by atoms with van der Waals surface area (Å²) in [6.45, 7) is -3.58. The summed E-state index contributed by atoms with van der Waals surface area (Å²) in [6.07, 6.45) is -30.8. The monoisotopic (exact) mass is 554 g/mol. The molecular formula is C10H8F14O6S2. The van der Waals surface area contributed by atoms with Gasteiger partial charge in [0.15, 0.2) is 0 Å². The smallest absolute Gasteiger partial charge is 0.267 e. The standard InChI is InChI=1S/C10H8F14O6S2/c11-5(7(13,14)15,8(16,17)18)31(25,26)29-3-1-2-4-30-32(27,28)6(12,9(19,20)21)10(22,23)24/h1-4H2. The van der Waals surface area contributed by atoms with Gasteiger partial charge in [-0.25, -0.2) is 8.78 Å². The number of alkyl halides is 14. The Balaban J connectivity index is 5.20. The Morgan fingerprint density at radius 1 is 0.438 bits per heavy atom. The first-order chi connectivity index (χ1) is 13.7. The fourth-order valence-electron chi connectivity index (χ4n) is 1.59.